The van der Waals surface area contributed by atoms with Crippen molar-refractivity contribution in [3.63, 3.8) is 0 Å². The first-order valence-electron chi connectivity index (χ1n) is 13.3. The number of amides is 3. The first-order valence-corrected chi connectivity index (χ1v) is 13.3. The van der Waals surface area contributed by atoms with Gasteiger partial charge in [0.2, 0.25) is 0 Å². The molecule has 1 heterocycles. The van der Waals surface area contributed by atoms with Crippen LogP contribution >= 0.6 is 0 Å². The van der Waals surface area contributed by atoms with Crippen molar-refractivity contribution >= 4 is 24.1 Å². The van der Waals surface area contributed by atoms with Gasteiger partial charge in [-0.1, -0.05) is 18.2 Å². The van der Waals surface area contributed by atoms with Crippen LogP contribution in [0.2, 0.25) is 0 Å². The van der Waals surface area contributed by atoms with Gasteiger partial charge in [0.25, 0.3) is 5.91 Å². The number of rotatable bonds is 12. The summed E-state index contributed by atoms with van der Waals surface area (Å²) in [7, 11) is 1.43. The second-order valence-electron chi connectivity index (χ2n) is 9.27. The number of allylic oxidation sites excluding steroid dienone is 1. The Balaban J connectivity index is 1.31. The van der Waals surface area contributed by atoms with E-state index in [1.165, 1.54) is 25.5 Å². The molecule has 11 nitrogen and oxygen atoms in total. The van der Waals surface area contributed by atoms with Crippen LogP contribution in [0.4, 0.5) is 9.18 Å². The first-order chi connectivity index (χ1) is 20.8. The lowest BCUT2D eigenvalue weighted by molar-refractivity contribution is -0.139. The van der Waals surface area contributed by atoms with Gasteiger partial charge in [-0.3, -0.25) is 4.79 Å². The number of benzene rings is 3. The molecule has 0 bridgehead atoms. The molecule has 0 unspecified atom stereocenters. The molecule has 1 aliphatic rings. The number of hydrogen-bond donors (Lipinski definition) is 3. The van der Waals surface area contributed by atoms with E-state index in [1.54, 1.807) is 68.4 Å². The standard InChI is InChI=1S/C31H31FN4O7/c1-4-41-30(38)28-19(2)34-31(39)35-29(28)22-9-14-25(26(15-22)40-3)43-18-27(37)36-33-16-20-7-12-24(13-8-20)42-17-21-5-10-23(32)11-6-21/h5-16,29H,4,17-18H2,1-3H3,(H,36,37)(H2,34,35,39)/b33-16-/t29-/m1/s1. The third kappa shape index (κ3) is 8.32. The molecule has 4 rings (SSSR count). The summed E-state index contributed by atoms with van der Waals surface area (Å²) in [6.07, 6.45) is 1.47. The summed E-state index contributed by atoms with van der Waals surface area (Å²) in [5, 5.41) is 9.26. The molecule has 3 aromatic rings. The summed E-state index contributed by atoms with van der Waals surface area (Å²) in [4.78, 5) is 37.0. The summed E-state index contributed by atoms with van der Waals surface area (Å²) < 4.78 is 34.9. The number of nitrogens with zero attached hydrogens (tertiary/aromatic N) is 1. The number of esters is 1. The zero-order valence-corrected chi connectivity index (χ0v) is 23.8. The van der Waals surface area contributed by atoms with Crippen LogP contribution in [0.15, 0.2) is 83.1 Å². The quantitative estimate of drug-likeness (QED) is 0.164. The zero-order chi connectivity index (χ0) is 30.8. The topological polar surface area (TPSA) is 137 Å². The van der Waals surface area contributed by atoms with Gasteiger partial charge in [0.15, 0.2) is 18.1 Å². The van der Waals surface area contributed by atoms with Crippen LogP contribution in [-0.4, -0.2) is 44.4 Å². The van der Waals surface area contributed by atoms with Crippen molar-refractivity contribution in [1.82, 2.24) is 16.1 Å². The van der Waals surface area contributed by atoms with E-state index in [2.05, 4.69) is 21.2 Å². The molecule has 0 fully saturated rings. The molecule has 0 radical (unpaired) electrons. The first kappa shape index (κ1) is 30.6. The average Bonchev–Trinajstić information content (AvgIpc) is 3.00. The van der Waals surface area contributed by atoms with Gasteiger partial charge in [0, 0.05) is 5.70 Å². The predicted molar refractivity (Wildman–Crippen MR) is 155 cm³/mol. The minimum atomic E-state index is -0.774. The van der Waals surface area contributed by atoms with Gasteiger partial charge in [-0.05, 0) is 79.1 Å². The number of carbonyl (C=O) groups is 3. The minimum absolute atomic E-state index is 0.180. The third-order valence-corrected chi connectivity index (χ3v) is 6.25. The maximum atomic E-state index is 13.0. The molecule has 0 spiro atoms. The number of hydrogen-bond acceptors (Lipinski definition) is 8. The molecule has 0 saturated heterocycles. The van der Waals surface area contributed by atoms with Crippen molar-refractivity contribution < 1.29 is 37.7 Å². The molecule has 3 aromatic carbocycles. The van der Waals surface area contributed by atoms with Crippen LogP contribution in [-0.2, 0) is 20.9 Å². The number of nitrogens with one attached hydrogen (secondary N) is 3. The lowest BCUT2D eigenvalue weighted by Gasteiger charge is -2.28. The molecule has 0 aliphatic carbocycles. The average molecular weight is 591 g/mol. The fourth-order valence-electron chi connectivity index (χ4n) is 4.16. The Morgan fingerprint density at radius 1 is 1.02 bits per heavy atom. The van der Waals surface area contributed by atoms with E-state index in [4.69, 9.17) is 18.9 Å². The van der Waals surface area contributed by atoms with Gasteiger partial charge >= 0.3 is 12.0 Å². The Kier molecular flexibility index (Phi) is 10.3. The SMILES string of the molecule is CCOC(=O)C1=C(C)NC(=O)N[C@@H]1c1ccc(OCC(=O)N/N=C\c2ccc(OCc3ccc(F)cc3)cc2)c(OC)c1. The van der Waals surface area contributed by atoms with Crippen molar-refractivity contribution in [2.24, 2.45) is 5.10 Å². The van der Waals surface area contributed by atoms with Crippen molar-refractivity contribution in [2.75, 3.05) is 20.3 Å². The molecular formula is C31H31FN4O7. The Labute approximate surface area is 247 Å². The molecule has 12 heteroatoms. The molecule has 1 atom stereocenters. The second-order valence-corrected chi connectivity index (χ2v) is 9.27. The van der Waals surface area contributed by atoms with Crippen LogP contribution in [0.25, 0.3) is 0 Å². The van der Waals surface area contributed by atoms with Crippen molar-refractivity contribution in [3.05, 3.63) is 101 Å². The largest absolute Gasteiger partial charge is 0.493 e. The summed E-state index contributed by atoms with van der Waals surface area (Å²) in [6.45, 7) is 3.45. The van der Waals surface area contributed by atoms with Crippen molar-refractivity contribution in [3.8, 4) is 17.2 Å². The molecule has 224 valence electrons. The Hall–Kier alpha value is -5.39. The highest BCUT2D eigenvalue weighted by Gasteiger charge is 2.32. The van der Waals surface area contributed by atoms with Crippen LogP contribution in [0.1, 0.15) is 36.6 Å². The molecule has 0 aromatic heterocycles. The number of hydrazone groups is 1. The van der Waals surface area contributed by atoms with E-state index < -0.39 is 23.9 Å². The number of halogens is 1. The van der Waals surface area contributed by atoms with Gasteiger partial charge in [-0.25, -0.2) is 19.4 Å². The summed E-state index contributed by atoms with van der Waals surface area (Å²) in [6, 6.07) is 16.7. The number of methoxy groups -OCH3 is 1. The molecule has 43 heavy (non-hydrogen) atoms. The van der Waals surface area contributed by atoms with Gasteiger partial charge in [0.1, 0.15) is 18.2 Å². The normalized spacial score (nSPS) is 14.5. The van der Waals surface area contributed by atoms with Gasteiger partial charge in [0.05, 0.1) is 31.5 Å². The summed E-state index contributed by atoms with van der Waals surface area (Å²) in [5.74, 6) is -0.158. The minimum Gasteiger partial charge on any atom is -0.493 e. The van der Waals surface area contributed by atoms with E-state index in [0.29, 0.717) is 29.4 Å². The Morgan fingerprint density at radius 3 is 2.47 bits per heavy atom. The van der Waals surface area contributed by atoms with E-state index >= 15 is 0 Å². The lowest BCUT2D eigenvalue weighted by atomic mass is 9.95. The van der Waals surface area contributed by atoms with Crippen LogP contribution in [0, 0.1) is 5.82 Å². The van der Waals surface area contributed by atoms with Crippen LogP contribution in [0.3, 0.4) is 0 Å². The summed E-state index contributed by atoms with van der Waals surface area (Å²) in [5.41, 5.74) is 5.18. The fraction of sp³-hybridized carbons (Fsp3) is 0.226. The summed E-state index contributed by atoms with van der Waals surface area (Å²) >= 11 is 0. The second kappa shape index (κ2) is 14.5. The highest BCUT2D eigenvalue weighted by Crippen LogP contribution is 2.34. The predicted octanol–water partition coefficient (Wildman–Crippen LogP) is 4.13. The molecule has 3 N–H and O–H groups in total. The maximum Gasteiger partial charge on any atom is 0.338 e. The maximum absolute atomic E-state index is 13.0. The Morgan fingerprint density at radius 2 is 1.77 bits per heavy atom. The monoisotopic (exact) mass is 590 g/mol. The lowest BCUT2D eigenvalue weighted by Crippen LogP contribution is -2.45. The number of carbonyl (C=O) groups excluding carboxylic acids is 3. The molecule has 0 saturated carbocycles. The molecule has 3 amide bonds. The van der Waals surface area contributed by atoms with Gasteiger partial charge in [-0.15, -0.1) is 0 Å². The van der Waals surface area contributed by atoms with Crippen LogP contribution in [0.5, 0.6) is 17.2 Å². The van der Waals surface area contributed by atoms with Gasteiger partial charge in [-0.2, -0.15) is 5.10 Å². The van der Waals surface area contributed by atoms with Crippen LogP contribution < -0.4 is 30.3 Å². The molecular weight excluding hydrogens is 559 g/mol. The number of ether oxygens (including phenoxy) is 4. The van der Waals surface area contributed by atoms with Gasteiger partial charge < -0.3 is 29.6 Å². The smallest absolute Gasteiger partial charge is 0.338 e. The highest BCUT2D eigenvalue weighted by molar-refractivity contribution is 5.95. The van der Waals surface area contributed by atoms with Crippen molar-refractivity contribution in [2.45, 2.75) is 26.5 Å². The Bertz CT molecular complexity index is 1520. The zero-order valence-electron chi connectivity index (χ0n) is 23.8. The van der Waals surface area contributed by atoms with E-state index in [0.717, 1.165) is 11.1 Å². The fourth-order valence-corrected chi connectivity index (χ4v) is 4.16. The van der Waals surface area contributed by atoms with Crippen molar-refractivity contribution in [1.29, 1.82) is 0 Å². The van der Waals surface area contributed by atoms with E-state index in [1.807, 2.05) is 0 Å². The molecule has 1 aliphatic heterocycles. The highest BCUT2D eigenvalue weighted by atomic mass is 19.1. The number of urea groups is 1. The van der Waals surface area contributed by atoms with E-state index in [-0.39, 0.29) is 30.4 Å². The third-order valence-electron chi connectivity index (χ3n) is 6.25. The van der Waals surface area contributed by atoms with E-state index in [9.17, 15) is 18.8 Å².